The van der Waals surface area contributed by atoms with Crippen molar-refractivity contribution in [2.45, 2.75) is 24.7 Å². The summed E-state index contributed by atoms with van der Waals surface area (Å²) in [6, 6.07) is 18.2. The first-order valence-electron chi connectivity index (χ1n) is 7.12. The van der Waals surface area contributed by atoms with Crippen LogP contribution in [0, 0.1) is 11.8 Å². The monoisotopic (exact) mass is 232 g/mol. The highest BCUT2D eigenvalue weighted by Gasteiger charge is 2.63. The Hall–Kier alpha value is -1.56. The van der Waals surface area contributed by atoms with Gasteiger partial charge in [-0.25, -0.2) is 0 Å². The lowest BCUT2D eigenvalue weighted by Crippen LogP contribution is -2.46. The fourth-order valence-corrected chi connectivity index (χ4v) is 5.16. The molecule has 0 aromatic heterocycles. The average molecular weight is 232 g/mol. The molecule has 0 aliphatic heterocycles. The van der Waals surface area contributed by atoms with Gasteiger partial charge in [0.15, 0.2) is 0 Å². The third kappa shape index (κ3) is 0.791. The number of hydrogen-bond acceptors (Lipinski definition) is 0. The van der Waals surface area contributed by atoms with Gasteiger partial charge in [0, 0.05) is 5.41 Å². The van der Waals surface area contributed by atoms with Crippen LogP contribution in [-0.2, 0) is 5.41 Å². The summed E-state index contributed by atoms with van der Waals surface area (Å²) >= 11 is 0. The molecule has 3 saturated carbocycles. The summed E-state index contributed by atoms with van der Waals surface area (Å²) in [4.78, 5) is 0. The molecule has 88 valence electrons. The van der Waals surface area contributed by atoms with E-state index in [9.17, 15) is 0 Å². The van der Waals surface area contributed by atoms with Crippen molar-refractivity contribution in [3.05, 3.63) is 59.7 Å². The summed E-state index contributed by atoms with van der Waals surface area (Å²) in [6.07, 6.45) is 4.34. The van der Waals surface area contributed by atoms with E-state index < -0.39 is 0 Å². The lowest BCUT2D eigenvalue weighted by molar-refractivity contribution is 0.150. The van der Waals surface area contributed by atoms with Gasteiger partial charge in [-0.2, -0.15) is 0 Å². The minimum absolute atomic E-state index is 0.410. The Morgan fingerprint density at radius 2 is 1.22 bits per heavy atom. The predicted molar refractivity (Wildman–Crippen MR) is 73.5 cm³/mol. The van der Waals surface area contributed by atoms with Gasteiger partial charge in [0.25, 0.3) is 0 Å². The van der Waals surface area contributed by atoms with Crippen LogP contribution >= 0.6 is 0 Å². The van der Waals surface area contributed by atoms with Gasteiger partial charge < -0.3 is 0 Å². The molecule has 4 aliphatic carbocycles. The minimum Gasteiger partial charge on any atom is -0.0619 e. The van der Waals surface area contributed by atoms with Crippen molar-refractivity contribution >= 4 is 0 Å². The molecule has 4 aliphatic rings. The standard InChI is InChI=1S/C18H16/c1-3-7-16-14(5-1)15-6-2-4-8-17(15)18(16)12-9-10-13(18)11-12/h1-8,12-13H,9-11H2. The zero-order valence-corrected chi connectivity index (χ0v) is 10.4. The van der Waals surface area contributed by atoms with Crippen LogP contribution in [0.5, 0.6) is 0 Å². The van der Waals surface area contributed by atoms with Gasteiger partial charge in [-0.1, -0.05) is 48.5 Å². The second-order valence-corrected chi connectivity index (χ2v) is 6.17. The van der Waals surface area contributed by atoms with Crippen LogP contribution in [0.4, 0.5) is 0 Å². The molecular weight excluding hydrogens is 216 g/mol. The molecule has 3 fully saturated rings. The van der Waals surface area contributed by atoms with Crippen molar-refractivity contribution in [3.63, 3.8) is 0 Å². The maximum atomic E-state index is 2.39. The molecule has 0 nitrogen and oxygen atoms in total. The molecule has 2 atom stereocenters. The molecule has 2 aromatic carbocycles. The Balaban J connectivity index is 1.92. The highest BCUT2D eigenvalue weighted by atomic mass is 14.7. The molecule has 2 unspecified atom stereocenters. The first kappa shape index (κ1) is 9.38. The molecule has 0 radical (unpaired) electrons. The molecule has 2 bridgehead atoms. The van der Waals surface area contributed by atoms with Crippen LogP contribution < -0.4 is 0 Å². The minimum atomic E-state index is 0.410. The summed E-state index contributed by atoms with van der Waals surface area (Å²) in [5.41, 5.74) is 6.68. The highest BCUT2D eigenvalue weighted by Crippen LogP contribution is 2.70. The first-order valence-corrected chi connectivity index (χ1v) is 7.12. The topological polar surface area (TPSA) is 0 Å². The van der Waals surface area contributed by atoms with E-state index in [0.29, 0.717) is 5.41 Å². The van der Waals surface area contributed by atoms with Gasteiger partial charge >= 0.3 is 0 Å². The van der Waals surface area contributed by atoms with E-state index in [0.717, 1.165) is 11.8 Å². The van der Waals surface area contributed by atoms with Gasteiger partial charge in [-0.05, 0) is 53.4 Å². The van der Waals surface area contributed by atoms with E-state index in [2.05, 4.69) is 48.5 Å². The van der Waals surface area contributed by atoms with E-state index in [1.54, 1.807) is 11.1 Å². The quantitative estimate of drug-likeness (QED) is 0.632. The van der Waals surface area contributed by atoms with Crippen molar-refractivity contribution in [1.29, 1.82) is 0 Å². The Kier molecular flexibility index (Phi) is 1.50. The molecular formula is C18H16. The molecule has 0 N–H and O–H groups in total. The van der Waals surface area contributed by atoms with E-state index >= 15 is 0 Å². The summed E-state index contributed by atoms with van der Waals surface area (Å²) in [5.74, 6) is 1.82. The maximum Gasteiger partial charge on any atom is 0.0271 e. The third-order valence-electron chi connectivity index (χ3n) is 5.76. The van der Waals surface area contributed by atoms with Gasteiger partial charge in [-0.15, -0.1) is 0 Å². The van der Waals surface area contributed by atoms with Gasteiger partial charge in [0.2, 0.25) is 0 Å². The van der Waals surface area contributed by atoms with Crippen LogP contribution in [0.1, 0.15) is 30.4 Å². The van der Waals surface area contributed by atoms with E-state index in [1.807, 2.05) is 0 Å². The Morgan fingerprint density at radius 3 is 1.72 bits per heavy atom. The Morgan fingerprint density at radius 1 is 0.722 bits per heavy atom. The fraction of sp³-hybridized carbons (Fsp3) is 0.333. The Bertz CT molecular complexity index is 591. The molecule has 6 rings (SSSR count). The van der Waals surface area contributed by atoms with Gasteiger partial charge in [-0.3, -0.25) is 0 Å². The van der Waals surface area contributed by atoms with Crippen LogP contribution in [0.2, 0.25) is 0 Å². The molecule has 1 spiro atoms. The predicted octanol–water partition coefficient (Wildman–Crippen LogP) is 4.38. The fourth-order valence-electron chi connectivity index (χ4n) is 5.16. The zero-order valence-electron chi connectivity index (χ0n) is 10.4. The van der Waals surface area contributed by atoms with E-state index in [4.69, 9.17) is 0 Å². The smallest absolute Gasteiger partial charge is 0.0271 e. The zero-order chi connectivity index (χ0) is 11.7. The van der Waals surface area contributed by atoms with Crippen molar-refractivity contribution in [2.75, 3.05) is 0 Å². The van der Waals surface area contributed by atoms with Crippen LogP contribution in [0.15, 0.2) is 48.5 Å². The summed E-state index contributed by atoms with van der Waals surface area (Å²) in [7, 11) is 0. The maximum absolute atomic E-state index is 2.39. The van der Waals surface area contributed by atoms with Crippen molar-refractivity contribution in [1.82, 2.24) is 0 Å². The molecule has 0 heteroatoms. The molecule has 18 heavy (non-hydrogen) atoms. The van der Waals surface area contributed by atoms with E-state index in [-0.39, 0.29) is 0 Å². The number of rotatable bonds is 0. The second kappa shape index (κ2) is 2.88. The number of benzene rings is 2. The highest BCUT2D eigenvalue weighted by molar-refractivity contribution is 5.82. The number of hydrogen-bond donors (Lipinski definition) is 0. The molecule has 0 amide bonds. The molecule has 0 heterocycles. The lowest BCUT2D eigenvalue weighted by atomic mass is 9.54. The van der Waals surface area contributed by atoms with Gasteiger partial charge in [0.05, 0.1) is 0 Å². The molecule has 2 aromatic rings. The van der Waals surface area contributed by atoms with Crippen LogP contribution in [-0.4, -0.2) is 0 Å². The van der Waals surface area contributed by atoms with Gasteiger partial charge in [0.1, 0.15) is 0 Å². The Labute approximate surface area is 108 Å². The van der Waals surface area contributed by atoms with Crippen LogP contribution in [0.3, 0.4) is 0 Å². The van der Waals surface area contributed by atoms with Crippen molar-refractivity contribution < 1.29 is 0 Å². The average Bonchev–Trinajstić information content (AvgIpc) is 3.10. The van der Waals surface area contributed by atoms with Crippen LogP contribution in [0.25, 0.3) is 11.1 Å². The number of fused-ring (bicyclic) bond motifs is 4. The molecule has 0 saturated heterocycles. The van der Waals surface area contributed by atoms with Crippen molar-refractivity contribution in [3.8, 4) is 11.1 Å². The normalized spacial score (nSPS) is 28.9. The summed E-state index contributed by atoms with van der Waals surface area (Å²) < 4.78 is 0. The second-order valence-electron chi connectivity index (χ2n) is 6.17. The lowest BCUT2D eigenvalue weighted by Gasteiger charge is -2.49. The van der Waals surface area contributed by atoms with Crippen molar-refractivity contribution in [2.24, 2.45) is 11.8 Å². The third-order valence-corrected chi connectivity index (χ3v) is 5.76. The van der Waals surface area contributed by atoms with E-state index in [1.165, 1.54) is 30.4 Å². The SMILES string of the molecule is c1ccc2c(c1)-c1ccccc1C21C2CCC1C2. The first-order chi connectivity index (χ1) is 8.92. The summed E-state index contributed by atoms with van der Waals surface area (Å²) in [5, 5.41) is 0. The summed E-state index contributed by atoms with van der Waals surface area (Å²) in [6.45, 7) is 0. The largest absolute Gasteiger partial charge is 0.0619 e.